The summed E-state index contributed by atoms with van der Waals surface area (Å²) in [5, 5.41) is 6.91. The van der Waals surface area contributed by atoms with Crippen LogP contribution in [0.3, 0.4) is 0 Å². The van der Waals surface area contributed by atoms with Crippen LogP contribution in [-0.4, -0.2) is 18.1 Å². The van der Waals surface area contributed by atoms with E-state index in [1.54, 1.807) is 13.1 Å². The van der Waals surface area contributed by atoms with Crippen LogP contribution < -0.4 is 11.1 Å². The molecule has 0 aliphatic heterocycles. The monoisotopic (exact) mass is 325 g/mol. The van der Waals surface area contributed by atoms with Gasteiger partial charge in [0.25, 0.3) is 5.91 Å². The number of carbonyl (C=O) groups is 1. The third-order valence-electron chi connectivity index (χ3n) is 4.58. The minimum absolute atomic E-state index is 0.177. The molecule has 0 bridgehead atoms. The summed E-state index contributed by atoms with van der Waals surface area (Å²) >= 11 is 0. The van der Waals surface area contributed by atoms with Gasteiger partial charge in [-0.25, -0.2) is 0 Å². The van der Waals surface area contributed by atoms with E-state index in [1.165, 1.54) is 19.3 Å². The van der Waals surface area contributed by atoms with E-state index < -0.39 is 0 Å². The Labute approximate surface area is 141 Å². The third-order valence-corrected chi connectivity index (χ3v) is 4.58. The van der Waals surface area contributed by atoms with Gasteiger partial charge in [-0.15, -0.1) is 0 Å². The van der Waals surface area contributed by atoms with Crippen LogP contribution in [0, 0.1) is 0 Å². The van der Waals surface area contributed by atoms with E-state index in [0.29, 0.717) is 17.0 Å². The number of nitrogens with two attached hydrogens (primary N) is 1. The van der Waals surface area contributed by atoms with Gasteiger partial charge in [0.1, 0.15) is 11.3 Å². The summed E-state index contributed by atoms with van der Waals surface area (Å²) in [4.78, 5) is 12.4. The van der Waals surface area contributed by atoms with E-state index in [1.807, 2.05) is 30.3 Å². The maximum absolute atomic E-state index is 12.4. The second-order valence-corrected chi connectivity index (χ2v) is 6.19. The maximum atomic E-state index is 12.4. The summed E-state index contributed by atoms with van der Waals surface area (Å²) in [6, 6.07) is 9.61. The fourth-order valence-corrected chi connectivity index (χ4v) is 3.28. The van der Waals surface area contributed by atoms with Gasteiger partial charge in [0, 0.05) is 24.7 Å². The highest BCUT2D eigenvalue weighted by atomic mass is 16.5. The average molecular weight is 325 g/mol. The summed E-state index contributed by atoms with van der Waals surface area (Å²) in [5.41, 5.74) is 8.88. The van der Waals surface area contributed by atoms with Crippen molar-refractivity contribution < 1.29 is 9.32 Å². The van der Waals surface area contributed by atoms with Gasteiger partial charge in [0.2, 0.25) is 0 Å². The zero-order chi connectivity index (χ0) is 16.9. The second kappa shape index (κ2) is 7.34. The topological polar surface area (TPSA) is 81.2 Å². The van der Waals surface area contributed by atoms with Crippen LogP contribution in [0.25, 0.3) is 11.8 Å². The van der Waals surface area contributed by atoms with Crippen LogP contribution in [0.1, 0.15) is 65.4 Å². The lowest BCUT2D eigenvalue weighted by molar-refractivity contribution is 0.0960. The number of hydrogen-bond donors (Lipinski definition) is 2. The van der Waals surface area contributed by atoms with Crippen molar-refractivity contribution in [1.82, 2.24) is 10.5 Å². The Bertz CT molecular complexity index is 728. The molecule has 3 rings (SSSR count). The van der Waals surface area contributed by atoms with Crippen LogP contribution in [-0.2, 0) is 0 Å². The predicted molar refractivity (Wildman–Crippen MR) is 94.2 cm³/mol. The van der Waals surface area contributed by atoms with E-state index >= 15 is 0 Å². The number of carbonyl (C=O) groups excluding carboxylic acids is 1. The fourth-order valence-electron chi connectivity index (χ4n) is 3.28. The van der Waals surface area contributed by atoms with Gasteiger partial charge in [-0.05, 0) is 18.4 Å². The Hall–Kier alpha value is -2.56. The van der Waals surface area contributed by atoms with Crippen LogP contribution in [0.4, 0.5) is 0 Å². The van der Waals surface area contributed by atoms with Gasteiger partial charge in [0.05, 0.1) is 0 Å². The first-order valence-corrected chi connectivity index (χ1v) is 8.45. The Morgan fingerprint density at radius 1 is 1.25 bits per heavy atom. The van der Waals surface area contributed by atoms with E-state index in [2.05, 4.69) is 10.5 Å². The zero-order valence-electron chi connectivity index (χ0n) is 13.9. The largest absolute Gasteiger partial charge is 0.398 e. The molecule has 5 nitrogen and oxygen atoms in total. The van der Waals surface area contributed by atoms with Crippen molar-refractivity contribution in [2.24, 2.45) is 5.73 Å². The minimum atomic E-state index is -0.177. The highest BCUT2D eigenvalue weighted by Gasteiger charge is 2.28. The molecule has 1 aromatic carbocycles. The second-order valence-electron chi connectivity index (χ2n) is 6.19. The molecule has 2 aromatic rings. The zero-order valence-corrected chi connectivity index (χ0v) is 13.9. The molecule has 1 aliphatic rings. The molecule has 5 heteroatoms. The Morgan fingerprint density at radius 2 is 1.96 bits per heavy atom. The van der Waals surface area contributed by atoms with Gasteiger partial charge in [0.15, 0.2) is 5.76 Å². The summed E-state index contributed by atoms with van der Waals surface area (Å²) in [6.45, 7) is 0. The van der Waals surface area contributed by atoms with Crippen LogP contribution in [0.15, 0.2) is 34.9 Å². The quantitative estimate of drug-likeness (QED) is 0.901. The Balaban J connectivity index is 1.98. The normalized spacial score (nSPS) is 16.1. The first kappa shape index (κ1) is 16.3. The maximum Gasteiger partial charge on any atom is 0.256 e. The molecule has 1 aliphatic carbocycles. The smallest absolute Gasteiger partial charge is 0.256 e. The molecule has 3 N–H and O–H groups in total. The molecule has 24 heavy (non-hydrogen) atoms. The van der Waals surface area contributed by atoms with E-state index in [9.17, 15) is 4.79 Å². The van der Waals surface area contributed by atoms with Crippen molar-refractivity contribution in [3.8, 4) is 0 Å². The van der Waals surface area contributed by atoms with Gasteiger partial charge in [-0.3, -0.25) is 4.79 Å². The van der Waals surface area contributed by atoms with E-state index in [-0.39, 0.29) is 11.8 Å². The lowest BCUT2D eigenvalue weighted by atomic mass is 9.85. The van der Waals surface area contributed by atoms with Gasteiger partial charge < -0.3 is 15.6 Å². The minimum Gasteiger partial charge on any atom is -0.398 e. The molecule has 0 spiro atoms. The van der Waals surface area contributed by atoms with Gasteiger partial charge in [-0.1, -0.05) is 54.8 Å². The summed E-state index contributed by atoms with van der Waals surface area (Å²) in [6.07, 6.45) is 7.38. The number of benzene rings is 1. The molecule has 126 valence electrons. The number of aromatic nitrogens is 1. The van der Waals surface area contributed by atoms with Crippen molar-refractivity contribution in [3.63, 3.8) is 0 Å². The third kappa shape index (κ3) is 3.35. The van der Waals surface area contributed by atoms with Gasteiger partial charge in [-0.2, -0.15) is 0 Å². The van der Waals surface area contributed by atoms with Gasteiger partial charge >= 0.3 is 0 Å². The molecular weight excluding hydrogens is 302 g/mol. The fraction of sp³-hybridized carbons (Fsp3) is 0.368. The number of rotatable bonds is 4. The first-order valence-electron chi connectivity index (χ1n) is 8.45. The van der Waals surface area contributed by atoms with Crippen molar-refractivity contribution in [1.29, 1.82) is 0 Å². The van der Waals surface area contributed by atoms with Crippen molar-refractivity contribution in [2.75, 3.05) is 7.05 Å². The molecule has 0 radical (unpaired) electrons. The van der Waals surface area contributed by atoms with E-state index in [4.69, 9.17) is 10.3 Å². The molecule has 0 saturated heterocycles. The molecule has 1 aromatic heterocycles. The lowest BCUT2D eigenvalue weighted by Gasteiger charge is -2.20. The summed E-state index contributed by atoms with van der Waals surface area (Å²) in [7, 11) is 1.62. The van der Waals surface area contributed by atoms with Crippen molar-refractivity contribution >= 4 is 17.7 Å². The molecule has 0 unspecified atom stereocenters. The molecule has 1 saturated carbocycles. The highest BCUT2D eigenvalue weighted by Crippen LogP contribution is 2.35. The molecule has 0 atom stereocenters. The van der Waals surface area contributed by atoms with Crippen LogP contribution >= 0.6 is 0 Å². The number of nitrogens with one attached hydrogen (secondary N) is 1. The molecule has 1 heterocycles. The average Bonchev–Trinajstić information content (AvgIpc) is 3.06. The molecular formula is C19H23N3O2. The molecule has 1 amide bonds. The SMILES string of the molecule is CNC(=O)c1c(C2CCCCC2)noc1C=C(N)c1ccccc1. The number of nitrogens with zero attached hydrogens (tertiary/aromatic N) is 1. The summed E-state index contributed by atoms with van der Waals surface area (Å²) in [5.74, 6) is 0.537. The highest BCUT2D eigenvalue weighted by molar-refractivity contribution is 5.99. The van der Waals surface area contributed by atoms with Crippen LogP contribution in [0.2, 0.25) is 0 Å². The lowest BCUT2D eigenvalue weighted by Crippen LogP contribution is -2.21. The molecule has 1 fully saturated rings. The van der Waals surface area contributed by atoms with E-state index in [0.717, 1.165) is 24.1 Å². The van der Waals surface area contributed by atoms with Crippen molar-refractivity contribution in [3.05, 3.63) is 52.9 Å². The summed E-state index contributed by atoms with van der Waals surface area (Å²) < 4.78 is 5.50. The number of amides is 1. The Morgan fingerprint density at radius 3 is 2.62 bits per heavy atom. The van der Waals surface area contributed by atoms with Crippen molar-refractivity contribution in [2.45, 2.75) is 38.0 Å². The first-order chi connectivity index (χ1) is 11.7. The number of hydrogen-bond acceptors (Lipinski definition) is 4. The Kier molecular flexibility index (Phi) is 4.99. The standard InChI is InChI=1S/C19H23N3O2/c1-21-19(23)17-16(12-15(20)13-8-4-2-5-9-13)24-22-18(17)14-10-6-3-7-11-14/h2,4-5,8-9,12,14H,3,6-7,10-11,20H2,1H3,(H,21,23). The predicted octanol–water partition coefficient (Wildman–Crippen LogP) is 3.54. The van der Waals surface area contributed by atoms with Crippen LogP contribution in [0.5, 0.6) is 0 Å².